The van der Waals surface area contributed by atoms with Gasteiger partial charge in [0, 0.05) is 17.7 Å². The summed E-state index contributed by atoms with van der Waals surface area (Å²) < 4.78 is 52.9. The number of halogens is 4. The molecule has 1 aliphatic heterocycles. The molecule has 0 bridgehead atoms. The van der Waals surface area contributed by atoms with E-state index in [1.165, 1.54) is 30.1 Å². The van der Waals surface area contributed by atoms with E-state index in [0.29, 0.717) is 11.3 Å². The second-order valence-electron chi connectivity index (χ2n) is 6.64. The molecule has 1 aliphatic rings. The monoisotopic (exact) mass is 380 g/mol. The summed E-state index contributed by atoms with van der Waals surface area (Å²) >= 11 is 0. The highest BCUT2D eigenvalue weighted by Crippen LogP contribution is 2.42. The minimum absolute atomic E-state index is 0.121. The van der Waals surface area contributed by atoms with Crippen LogP contribution in [0.5, 0.6) is 0 Å². The zero-order valence-electron chi connectivity index (χ0n) is 14.5. The molecule has 0 aromatic heterocycles. The van der Waals surface area contributed by atoms with E-state index in [-0.39, 0.29) is 17.7 Å². The van der Waals surface area contributed by atoms with E-state index in [9.17, 15) is 27.5 Å². The standard InChI is InChI=1S/C19H16F4N2O2/c1-11-10-18(2,17(26)27)25(24-11)16-8-5-13(19(21,22)23)9-15(16)12-3-6-14(20)7-4-12/h3-9H,10H2,1-2H3,(H,26,27). The number of rotatable bonds is 3. The molecule has 0 saturated heterocycles. The number of anilines is 1. The van der Waals surface area contributed by atoms with Crippen LogP contribution in [0.4, 0.5) is 23.2 Å². The summed E-state index contributed by atoms with van der Waals surface area (Å²) in [6.45, 7) is 3.12. The molecule has 1 N–H and O–H groups in total. The van der Waals surface area contributed by atoms with Gasteiger partial charge >= 0.3 is 12.1 Å². The molecule has 0 spiro atoms. The van der Waals surface area contributed by atoms with Crippen LogP contribution in [0.1, 0.15) is 25.8 Å². The molecule has 0 fully saturated rings. The van der Waals surface area contributed by atoms with Crippen LogP contribution < -0.4 is 5.01 Å². The van der Waals surface area contributed by atoms with E-state index in [0.717, 1.165) is 24.3 Å². The van der Waals surface area contributed by atoms with E-state index in [1.54, 1.807) is 6.92 Å². The van der Waals surface area contributed by atoms with E-state index < -0.39 is 29.1 Å². The van der Waals surface area contributed by atoms with Crippen LogP contribution in [0.3, 0.4) is 0 Å². The average Bonchev–Trinajstić information content (AvgIpc) is 2.90. The fourth-order valence-corrected chi connectivity index (χ4v) is 3.13. The molecule has 27 heavy (non-hydrogen) atoms. The number of hydrogen-bond acceptors (Lipinski definition) is 3. The molecule has 1 atom stereocenters. The molecule has 0 amide bonds. The Bertz CT molecular complexity index is 922. The fourth-order valence-electron chi connectivity index (χ4n) is 3.13. The predicted molar refractivity (Wildman–Crippen MR) is 93.1 cm³/mol. The van der Waals surface area contributed by atoms with Gasteiger partial charge in [0.25, 0.3) is 0 Å². The lowest BCUT2D eigenvalue weighted by molar-refractivity contribution is -0.142. The lowest BCUT2D eigenvalue weighted by Crippen LogP contribution is -2.47. The lowest BCUT2D eigenvalue weighted by atomic mass is 9.93. The maximum atomic E-state index is 13.3. The highest BCUT2D eigenvalue weighted by atomic mass is 19.4. The second kappa shape index (κ2) is 6.37. The van der Waals surface area contributed by atoms with Crippen molar-refractivity contribution >= 4 is 17.4 Å². The first-order valence-corrected chi connectivity index (χ1v) is 8.07. The Hall–Kier alpha value is -2.90. The summed E-state index contributed by atoms with van der Waals surface area (Å²) in [6.07, 6.45) is -4.44. The van der Waals surface area contributed by atoms with E-state index >= 15 is 0 Å². The van der Waals surface area contributed by atoms with Gasteiger partial charge in [0.05, 0.1) is 11.3 Å². The number of nitrogens with zero attached hydrogens (tertiary/aromatic N) is 2. The molecule has 2 aromatic carbocycles. The molecule has 1 unspecified atom stereocenters. The largest absolute Gasteiger partial charge is 0.479 e. The van der Waals surface area contributed by atoms with Gasteiger partial charge in [0.15, 0.2) is 5.54 Å². The molecule has 3 rings (SSSR count). The number of carboxylic acids is 1. The van der Waals surface area contributed by atoms with Crippen LogP contribution >= 0.6 is 0 Å². The van der Waals surface area contributed by atoms with E-state index in [2.05, 4.69) is 5.10 Å². The van der Waals surface area contributed by atoms with Crippen LogP contribution in [0, 0.1) is 5.82 Å². The summed E-state index contributed by atoms with van der Waals surface area (Å²) in [7, 11) is 0. The molecule has 2 aromatic rings. The normalized spacial score (nSPS) is 19.9. The van der Waals surface area contributed by atoms with Crippen molar-refractivity contribution in [1.82, 2.24) is 0 Å². The maximum absolute atomic E-state index is 13.3. The number of carbonyl (C=O) groups is 1. The summed E-state index contributed by atoms with van der Waals surface area (Å²) in [4.78, 5) is 11.8. The van der Waals surface area contributed by atoms with E-state index in [4.69, 9.17) is 0 Å². The first kappa shape index (κ1) is 18.9. The smallest absolute Gasteiger partial charge is 0.416 e. The van der Waals surface area contributed by atoms with Gasteiger partial charge in [-0.2, -0.15) is 18.3 Å². The van der Waals surface area contributed by atoms with Crippen molar-refractivity contribution in [2.75, 3.05) is 5.01 Å². The van der Waals surface area contributed by atoms with Crippen molar-refractivity contribution in [2.24, 2.45) is 5.10 Å². The van der Waals surface area contributed by atoms with Crippen LogP contribution in [0.15, 0.2) is 47.6 Å². The minimum atomic E-state index is -4.58. The third kappa shape index (κ3) is 3.39. The maximum Gasteiger partial charge on any atom is 0.416 e. The Morgan fingerprint density at radius 3 is 2.37 bits per heavy atom. The van der Waals surface area contributed by atoms with Crippen molar-refractivity contribution in [3.63, 3.8) is 0 Å². The van der Waals surface area contributed by atoms with Crippen molar-refractivity contribution in [2.45, 2.75) is 32.0 Å². The van der Waals surface area contributed by atoms with Gasteiger partial charge in [-0.3, -0.25) is 0 Å². The Morgan fingerprint density at radius 2 is 1.81 bits per heavy atom. The number of hydrogen-bond donors (Lipinski definition) is 1. The van der Waals surface area contributed by atoms with Crippen molar-refractivity contribution < 1.29 is 27.5 Å². The van der Waals surface area contributed by atoms with Gasteiger partial charge in [-0.25, -0.2) is 14.2 Å². The zero-order chi connectivity index (χ0) is 20.0. The number of carboxylic acid groups (broad SMARTS) is 1. The van der Waals surface area contributed by atoms with Gasteiger partial charge in [0.1, 0.15) is 5.82 Å². The first-order valence-electron chi connectivity index (χ1n) is 8.07. The summed E-state index contributed by atoms with van der Waals surface area (Å²) in [5.41, 5.74) is -1.12. The Balaban J connectivity index is 2.23. The van der Waals surface area contributed by atoms with E-state index in [1.807, 2.05) is 0 Å². The Morgan fingerprint density at radius 1 is 1.19 bits per heavy atom. The van der Waals surface area contributed by atoms with Gasteiger partial charge in [-0.05, 0) is 49.7 Å². The van der Waals surface area contributed by atoms with Crippen LogP contribution in [0.2, 0.25) is 0 Å². The number of benzene rings is 2. The second-order valence-corrected chi connectivity index (χ2v) is 6.64. The van der Waals surface area contributed by atoms with Gasteiger partial charge in [-0.15, -0.1) is 0 Å². The molecule has 142 valence electrons. The molecule has 0 saturated carbocycles. The van der Waals surface area contributed by atoms with Crippen molar-refractivity contribution in [3.8, 4) is 11.1 Å². The quantitative estimate of drug-likeness (QED) is 0.768. The molecule has 0 aliphatic carbocycles. The summed E-state index contributed by atoms with van der Waals surface area (Å²) in [5.74, 6) is -1.68. The summed E-state index contributed by atoms with van der Waals surface area (Å²) in [5, 5.41) is 15.1. The first-order chi connectivity index (χ1) is 12.5. The van der Waals surface area contributed by atoms with Crippen molar-refractivity contribution in [1.29, 1.82) is 0 Å². The number of alkyl halides is 3. The highest BCUT2D eigenvalue weighted by Gasteiger charge is 2.46. The highest BCUT2D eigenvalue weighted by molar-refractivity contribution is 5.98. The van der Waals surface area contributed by atoms with Gasteiger partial charge < -0.3 is 5.11 Å². The Kier molecular flexibility index (Phi) is 4.45. The number of hydrazone groups is 1. The van der Waals surface area contributed by atoms with Crippen LogP contribution in [-0.4, -0.2) is 22.3 Å². The third-order valence-corrected chi connectivity index (χ3v) is 4.51. The van der Waals surface area contributed by atoms with Gasteiger partial charge in [-0.1, -0.05) is 12.1 Å². The fraction of sp³-hybridized carbons (Fsp3) is 0.263. The third-order valence-electron chi connectivity index (χ3n) is 4.51. The lowest BCUT2D eigenvalue weighted by Gasteiger charge is -2.32. The number of aliphatic carboxylic acids is 1. The average molecular weight is 380 g/mol. The molecule has 8 heteroatoms. The van der Waals surface area contributed by atoms with Crippen LogP contribution in [-0.2, 0) is 11.0 Å². The predicted octanol–water partition coefficient (Wildman–Crippen LogP) is 4.94. The molecule has 1 heterocycles. The molecule has 4 nitrogen and oxygen atoms in total. The summed E-state index contributed by atoms with van der Waals surface area (Å²) in [6, 6.07) is 7.97. The Labute approximate surface area is 152 Å². The van der Waals surface area contributed by atoms with Gasteiger partial charge in [0.2, 0.25) is 0 Å². The zero-order valence-corrected chi connectivity index (χ0v) is 14.5. The molecular weight excluding hydrogens is 364 g/mol. The molecular formula is C19H16F4N2O2. The molecule has 0 radical (unpaired) electrons. The van der Waals surface area contributed by atoms with Crippen LogP contribution in [0.25, 0.3) is 11.1 Å². The SMILES string of the molecule is CC1=NN(c2ccc(C(F)(F)F)cc2-c2ccc(F)cc2)C(C)(C(=O)O)C1. The van der Waals surface area contributed by atoms with Crippen molar-refractivity contribution in [3.05, 3.63) is 53.8 Å². The minimum Gasteiger partial charge on any atom is -0.479 e. The topological polar surface area (TPSA) is 52.9 Å².